The molecule has 28 heavy (non-hydrogen) atoms. The summed E-state index contributed by atoms with van der Waals surface area (Å²) in [6, 6.07) is 19.8. The molecule has 0 aliphatic carbocycles. The quantitative estimate of drug-likeness (QED) is 0.386. The van der Waals surface area contributed by atoms with Crippen LogP contribution in [0.2, 0.25) is 5.02 Å². The van der Waals surface area contributed by atoms with E-state index in [4.69, 9.17) is 11.6 Å². The number of ketones is 1. The fraction of sp³-hybridized carbons (Fsp3) is 0.167. The molecule has 0 fully saturated rings. The Kier molecular flexibility index (Phi) is 5.01. The normalized spacial score (nSPS) is 11.1. The third kappa shape index (κ3) is 3.58. The van der Waals surface area contributed by atoms with E-state index in [1.165, 1.54) is 11.1 Å². The maximum atomic E-state index is 12.7. The minimum atomic E-state index is 0.100. The summed E-state index contributed by atoms with van der Waals surface area (Å²) >= 11 is 6.19. The molecule has 1 heterocycles. The van der Waals surface area contributed by atoms with Crippen molar-refractivity contribution in [3.63, 3.8) is 0 Å². The molecule has 4 heteroatoms. The van der Waals surface area contributed by atoms with Gasteiger partial charge in [0.05, 0.1) is 16.7 Å². The van der Waals surface area contributed by atoms with Gasteiger partial charge in [0.15, 0.2) is 5.78 Å². The highest BCUT2D eigenvalue weighted by Gasteiger charge is 2.12. The number of hydrogen-bond acceptors (Lipinski definition) is 2. The van der Waals surface area contributed by atoms with E-state index in [9.17, 15) is 4.79 Å². The molecule has 140 valence electrons. The molecule has 0 unspecified atom stereocenters. The highest BCUT2D eigenvalue weighted by molar-refractivity contribution is 6.31. The zero-order valence-corrected chi connectivity index (χ0v) is 16.7. The molecule has 0 saturated heterocycles. The van der Waals surface area contributed by atoms with Crippen LogP contribution in [-0.2, 0) is 6.42 Å². The molecule has 0 N–H and O–H groups in total. The van der Waals surface area contributed by atoms with Gasteiger partial charge in [0, 0.05) is 17.0 Å². The second-order valence-corrected chi connectivity index (χ2v) is 7.53. The number of hydrogen-bond donors (Lipinski definition) is 0. The lowest BCUT2D eigenvalue weighted by Gasteiger charge is -2.09. The third-order valence-corrected chi connectivity index (χ3v) is 5.44. The van der Waals surface area contributed by atoms with Crippen LogP contribution in [0.25, 0.3) is 16.7 Å². The van der Waals surface area contributed by atoms with Crippen molar-refractivity contribution < 1.29 is 4.79 Å². The fourth-order valence-electron chi connectivity index (χ4n) is 3.45. The zero-order chi connectivity index (χ0) is 19.7. The number of benzene rings is 3. The van der Waals surface area contributed by atoms with Crippen LogP contribution in [0.4, 0.5) is 0 Å². The van der Waals surface area contributed by atoms with E-state index in [1.807, 2.05) is 48.8 Å². The Morgan fingerprint density at radius 2 is 1.86 bits per heavy atom. The summed E-state index contributed by atoms with van der Waals surface area (Å²) in [6.07, 6.45) is 2.88. The van der Waals surface area contributed by atoms with Crippen molar-refractivity contribution >= 4 is 28.4 Å². The average Bonchev–Trinajstić information content (AvgIpc) is 3.12. The minimum absolute atomic E-state index is 0.100. The number of imidazole rings is 1. The van der Waals surface area contributed by atoms with Gasteiger partial charge in [-0.25, -0.2) is 4.98 Å². The summed E-state index contributed by atoms with van der Waals surface area (Å²) in [6.45, 7) is 4.17. The Hall–Kier alpha value is -2.91. The molecule has 0 aliphatic heterocycles. The van der Waals surface area contributed by atoms with Crippen LogP contribution in [0.5, 0.6) is 0 Å². The van der Waals surface area contributed by atoms with Gasteiger partial charge < -0.3 is 0 Å². The van der Waals surface area contributed by atoms with Crippen LogP contribution in [0.1, 0.15) is 33.5 Å². The first-order valence-corrected chi connectivity index (χ1v) is 9.72. The molecule has 3 nitrogen and oxygen atoms in total. The summed E-state index contributed by atoms with van der Waals surface area (Å²) in [7, 11) is 0. The van der Waals surface area contributed by atoms with Crippen LogP contribution in [0.3, 0.4) is 0 Å². The number of carbonyl (C=O) groups excluding carboxylic acids is 1. The highest BCUT2D eigenvalue weighted by Crippen LogP contribution is 2.24. The van der Waals surface area contributed by atoms with Gasteiger partial charge in [-0.1, -0.05) is 41.9 Å². The number of aromatic nitrogens is 2. The van der Waals surface area contributed by atoms with Crippen molar-refractivity contribution in [2.24, 2.45) is 0 Å². The molecular formula is C24H21ClN2O. The monoisotopic (exact) mass is 388 g/mol. The Balaban J connectivity index is 1.60. The minimum Gasteiger partial charge on any atom is -0.299 e. The zero-order valence-electron chi connectivity index (χ0n) is 15.9. The lowest BCUT2D eigenvalue weighted by molar-refractivity contribution is 0.0983. The van der Waals surface area contributed by atoms with E-state index in [2.05, 4.69) is 41.6 Å². The maximum absolute atomic E-state index is 12.7. The maximum Gasteiger partial charge on any atom is 0.163 e. The van der Waals surface area contributed by atoms with E-state index < -0.39 is 0 Å². The Morgan fingerprint density at radius 3 is 2.68 bits per heavy atom. The van der Waals surface area contributed by atoms with Crippen LogP contribution in [0, 0.1) is 13.8 Å². The van der Waals surface area contributed by atoms with E-state index in [0.717, 1.165) is 22.3 Å². The first-order valence-electron chi connectivity index (χ1n) is 9.34. The number of rotatable bonds is 5. The van der Waals surface area contributed by atoms with Crippen LogP contribution in [-0.4, -0.2) is 15.3 Å². The molecule has 0 aliphatic rings. The molecule has 0 saturated carbocycles. The first kappa shape index (κ1) is 18.5. The lowest BCUT2D eigenvalue weighted by Crippen LogP contribution is -2.02. The fourth-order valence-corrected chi connectivity index (χ4v) is 3.68. The van der Waals surface area contributed by atoms with Gasteiger partial charge in [0.2, 0.25) is 0 Å². The molecule has 4 rings (SSSR count). The van der Waals surface area contributed by atoms with E-state index in [0.29, 0.717) is 23.4 Å². The van der Waals surface area contributed by atoms with Crippen LogP contribution < -0.4 is 0 Å². The lowest BCUT2D eigenvalue weighted by atomic mass is 10.0. The van der Waals surface area contributed by atoms with Crippen molar-refractivity contribution in [1.29, 1.82) is 0 Å². The van der Waals surface area contributed by atoms with Crippen LogP contribution in [0.15, 0.2) is 67.0 Å². The molecule has 1 aromatic heterocycles. The Labute approximate surface area is 169 Å². The molecule has 0 atom stereocenters. The summed E-state index contributed by atoms with van der Waals surface area (Å²) in [5.41, 5.74) is 7.00. The summed E-state index contributed by atoms with van der Waals surface area (Å²) < 4.78 is 2.08. The van der Waals surface area contributed by atoms with E-state index in [1.54, 1.807) is 0 Å². The number of nitrogens with zero attached hydrogens (tertiary/aromatic N) is 2. The molecule has 3 aromatic carbocycles. The summed E-state index contributed by atoms with van der Waals surface area (Å²) in [4.78, 5) is 17.2. The van der Waals surface area contributed by atoms with E-state index >= 15 is 0 Å². The van der Waals surface area contributed by atoms with Gasteiger partial charge >= 0.3 is 0 Å². The number of carbonyl (C=O) groups is 1. The SMILES string of the molecule is Cc1ccc(C)c(-n2cnc3cc(C(=O)CCc4ccccc4Cl)ccc32)c1. The van der Waals surface area contributed by atoms with Crippen molar-refractivity contribution in [3.05, 3.63) is 94.3 Å². The Morgan fingerprint density at radius 1 is 1.04 bits per heavy atom. The van der Waals surface area contributed by atoms with Gasteiger partial charge in [-0.15, -0.1) is 0 Å². The third-order valence-electron chi connectivity index (χ3n) is 5.07. The van der Waals surface area contributed by atoms with E-state index in [-0.39, 0.29) is 5.78 Å². The second-order valence-electron chi connectivity index (χ2n) is 7.12. The number of fused-ring (bicyclic) bond motifs is 1. The summed E-state index contributed by atoms with van der Waals surface area (Å²) in [5, 5.41) is 0.706. The molecule has 0 amide bonds. The van der Waals surface area contributed by atoms with Crippen molar-refractivity contribution in [2.75, 3.05) is 0 Å². The summed E-state index contributed by atoms with van der Waals surface area (Å²) in [5.74, 6) is 0.100. The van der Waals surface area contributed by atoms with Crippen molar-refractivity contribution in [3.8, 4) is 5.69 Å². The van der Waals surface area contributed by atoms with Gasteiger partial charge in [0.1, 0.15) is 6.33 Å². The number of aryl methyl sites for hydroxylation is 3. The highest BCUT2D eigenvalue weighted by atomic mass is 35.5. The van der Waals surface area contributed by atoms with Crippen molar-refractivity contribution in [1.82, 2.24) is 9.55 Å². The van der Waals surface area contributed by atoms with Crippen molar-refractivity contribution in [2.45, 2.75) is 26.7 Å². The van der Waals surface area contributed by atoms with Gasteiger partial charge in [0.25, 0.3) is 0 Å². The number of halogens is 1. The largest absolute Gasteiger partial charge is 0.299 e. The number of Topliss-reactive ketones (excluding diaryl/α,β-unsaturated/α-hetero) is 1. The molecule has 4 aromatic rings. The average molecular weight is 389 g/mol. The topological polar surface area (TPSA) is 34.9 Å². The van der Waals surface area contributed by atoms with Gasteiger partial charge in [-0.05, 0) is 67.3 Å². The molecule has 0 spiro atoms. The van der Waals surface area contributed by atoms with Crippen LogP contribution >= 0.6 is 11.6 Å². The predicted octanol–water partition coefficient (Wildman–Crippen LogP) is 6.11. The second kappa shape index (κ2) is 7.61. The van der Waals surface area contributed by atoms with Gasteiger partial charge in [-0.2, -0.15) is 0 Å². The van der Waals surface area contributed by atoms with Gasteiger partial charge in [-0.3, -0.25) is 9.36 Å². The predicted molar refractivity (Wildman–Crippen MR) is 115 cm³/mol. The molecule has 0 radical (unpaired) electrons. The smallest absolute Gasteiger partial charge is 0.163 e. The first-order chi connectivity index (χ1) is 13.5. The molecule has 0 bridgehead atoms. The standard InChI is InChI=1S/C24H21ClN2O/c1-16-7-8-17(2)23(13-16)27-15-26-21-14-19(9-11-22(21)27)24(28)12-10-18-5-3-4-6-20(18)25/h3-9,11,13-15H,10,12H2,1-2H3. The Bertz CT molecular complexity index is 1180. The molecular weight excluding hydrogens is 368 g/mol.